The maximum Gasteiger partial charge on any atom is 0.255 e. The van der Waals surface area contributed by atoms with Crippen LogP contribution in [0.2, 0.25) is 0 Å². The Labute approximate surface area is 190 Å². The largest absolute Gasteiger partial charge is 0.345 e. The lowest BCUT2D eigenvalue weighted by Crippen LogP contribution is -2.26. The SMILES string of the molecule is CCC(=O)Nc1ccc(C(C)NC(=O)c2cn(-c3ccccc3)nc2-c2cccs2)cc1. The van der Waals surface area contributed by atoms with E-state index in [1.807, 2.05) is 86.0 Å². The second-order valence-electron chi connectivity index (χ2n) is 7.37. The van der Waals surface area contributed by atoms with Crippen LogP contribution in [0.4, 0.5) is 5.69 Å². The number of nitrogens with one attached hydrogen (secondary N) is 2. The normalized spacial score (nSPS) is 11.7. The minimum atomic E-state index is -0.213. The predicted octanol–water partition coefficient (Wildman–Crippen LogP) is 5.44. The van der Waals surface area contributed by atoms with E-state index in [0.717, 1.165) is 21.8 Å². The van der Waals surface area contributed by atoms with Gasteiger partial charge in [-0.3, -0.25) is 9.59 Å². The molecule has 0 bridgehead atoms. The van der Waals surface area contributed by atoms with Crippen LogP contribution in [0.3, 0.4) is 0 Å². The van der Waals surface area contributed by atoms with Crippen molar-refractivity contribution in [3.63, 3.8) is 0 Å². The molecule has 0 aliphatic rings. The van der Waals surface area contributed by atoms with Gasteiger partial charge in [0.05, 0.1) is 22.2 Å². The molecule has 0 radical (unpaired) electrons. The minimum absolute atomic E-state index is 0.0318. The van der Waals surface area contributed by atoms with Crippen LogP contribution in [0, 0.1) is 0 Å². The first-order valence-corrected chi connectivity index (χ1v) is 11.3. The predicted molar refractivity (Wildman–Crippen MR) is 128 cm³/mol. The number of aromatic nitrogens is 2. The van der Waals surface area contributed by atoms with Crippen LogP contribution in [-0.2, 0) is 4.79 Å². The van der Waals surface area contributed by atoms with E-state index in [1.54, 1.807) is 22.2 Å². The summed E-state index contributed by atoms with van der Waals surface area (Å²) in [7, 11) is 0. The first-order valence-electron chi connectivity index (χ1n) is 10.4. The molecule has 6 nitrogen and oxygen atoms in total. The van der Waals surface area contributed by atoms with Crippen LogP contribution in [0.1, 0.15) is 42.2 Å². The van der Waals surface area contributed by atoms with Crippen molar-refractivity contribution in [2.45, 2.75) is 26.3 Å². The van der Waals surface area contributed by atoms with Gasteiger partial charge < -0.3 is 10.6 Å². The van der Waals surface area contributed by atoms with E-state index >= 15 is 0 Å². The van der Waals surface area contributed by atoms with E-state index in [9.17, 15) is 9.59 Å². The van der Waals surface area contributed by atoms with Crippen molar-refractivity contribution in [1.29, 1.82) is 0 Å². The molecular weight excluding hydrogens is 420 g/mol. The number of amides is 2. The standard InChI is InChI=1S/C25H24N4O2S/c1-3-23(30)27-19-13-11-18(12-14-19)17(2)26-25(31)21-16-29(20-8-5-4-6-9-20)28-24(21)22-10-7-15-32-22/h4-17H,3H2,1-2H3,(H,26,31)(H,27,30). The summed E-state index contributed by atoms with van der Waals surface area (Å²) in [6.07, 6.45) is 2.20. The van der Waals surface area contributed by atoms with E-state index in [2.05, 4.69) is 10.6 Å². The molecule has 0 fully saturated rings. The van der Waals surface area contributed by atoms with Crippen LogP contribution >= 0.6 is 11.3 Å². The third kappa shape index (κ3) is 4.78. The molecule has 0 saturated carbocycles. The molecule has 0 spiro atoms. The Morgan fingerprint density at radius 3 is 2.44 bits per heavy atom. The summed E-state index contributed by atoms with van der Waals surface area (Å²) in [6.45, 7) is 3.75. The van der Waals surface area contributed by atoms with Crippen LogP contribution in [-0.4, -0.2) is 21.6 Å². The fourth-order valence-electron chi connectivity index (χ4n) is 3.31. The van der Waals surface area contributed by atoms with Crippen LogP contribution < -0.4 is 10.6 Å². The van der Waals surface area contributed by atoms with Crippen LogP contribution in [0.25, 0.3) is 16.3 Å². The lowest BCUT2D eigenvalue weighted by Gasteiger charge is -2.15. The number of anilines is 1. The Hall–Kier alpha value is -3.71. The molecule has 2 aromatic carbocycles. The molecule has 1 unspecified atom stereocenters. The lowest BCUT2D eigenvalue weighted by molar-refractivity contribution is -0.115. The van der Waals surface area contributed by atoms with E-state index in [4.69, 9.17) is 5.10 Å². The van der Waals surface area contributed by atoms with E-state index in [0.29, 0.717) is 17.7 Å². The number of rotatable bonds is 7. The smallest absolute Gasteiger partial charge is 0.255 e. The quantitative estimate of drug-likeness (QED) is 0.398. The molecule has 0 saturated heterocycles. The molecular formula is C25H24N4O2S. The van der Waals surface area contributed by atoms with Gasteiger partial charge in [0.1, 0.15) is 5.69 Å². The Morgan fingerprint density at radius 2 is 1.78 bits per heavy atom. The minimum Gasteiger partial charge on any atom is -0.345 e. The van der Waals surface area contributed by atoms with Gasteiger partial charge >= 0.3 is 0 Å². The monoisotopic (exact) mass is 444 g/mol. The molecule has 0 aliphatic carbocycles. The van der Waals surface area contributed by atoms with Gasteiger partial charge in [-0.2, -0.15) is 5.10 Å². The number of thiophene rings is 1. The number of nitrogens with zero attached hydrogens (tertiary/aromatic N) is 2. The fraction of sp³-hybridized carbons (Fsp3) is 0.160. The van der Waals surface area contributed by atoms with Crippen LogP contribution in [0.5, 0.6) is 0 Å². The van der Waals surface area contributed by atoms with E-state index in [1.165, 1.54) is 0 Å². The van der Waals surface area contributed by atoms with Gasteiger partial charge in [0.25, 0.3) is 5.91 Å². The molecule has 2 heterocycles. The highest BCUT2D eigenvalue weighted by atomic mass is 32.1. The molecule has 1 atom stereocenters. The van der Waals surface area contributed by atoms with Crippen molar-refractivity contribution < 1.29 is 9.59 Å². The lowest BCUT2D eigenvalue weighted by atomic mass is 10.1. The summed E-state index contributed by atoms with van der Waals surface area (Å²) < 4.78 is 1.74. The average molecular weight is 445 g/mol. The van der Waals surface area contributed by atoms with E-state index in [-0.39, 0.29) is 17.9 Å². The summed E-state index contributed by atoms with van der Waals surface area (Å²) in [5.74, 6) is -0.220. The number of para-hydroxylation sites is 1. The summed E-state index contributed by atoms with van der Waals surface area (Å²) in [6, 6.07) is 20.9. The van der Waals surface area contributed by atoms with Gasteiger partial charge in [0.2, 0.25) is 5.91 Å². The van der Waals surface area contributed by atoms with Crippen molar-refractivity contribution in [2.75, 3.05) is 5.32 Å². The molecule has 4 rings (SSSR count). The number of hydrogen-bond acceptors (Lipinski definition) is 4. The zero-order chi connectivity index (χ0) is 22.5. The molecule has 32 heavy (non-hydrogen) atoms. The molecule has 2 aromatic heterocycles. The van der Waals surface area contributed by atoms with Crippen molar-refractivity contribution in [2.24, 2.45) is 0 Å². The number of carbonyl (C=O) groups is 2. The highest BCUT2D eigenvalue weighted by Gasteiger charge is 2.21. The molecule has 0 aliphatic heterocycles. The third-order valence-electron chi connectivity index (χ3n) is 5.10. The fourth-order valence-corrected chi connectivity index (χ4v) is 4.03. The third-order valence-corrected chi connectivity index (χ3v) is 5.97. The molecule has 4 aromatic rings. The highest BCUT2D eigenvalue weighted by Crippen LogP contribution is 2.28. The van der Waals surface area contributed by atoms with Crippen LogP contribution in [0.15, 0.2) is 78.3 Å². The van der Waals surface area contributed by atoms with Gasteiger partial charge in [0, 0.05) is 18.3 Å². The molecule has 162 valence electrons. The summed E-state index contributed by atoms with van der Waals surface area (Å²) in [4.78, 5) is 25.7. The van der Waals surface area contributed by atoms with Crippen molar-refractivity contribution in [3.05, 3.63) is 89.4 Å². The first-order chi connectivity index (χ1) is 15.5. The Balaban J connectivity index is 1.56. The molecule has 2 N–H and O–H groups in total. The summed E-state index contributed by atoms with van der Waals surface area (Å²) in [5.41, 5.74) is 3.76. The summed E-state index contributed by atoms with van der Waals surface area (Å²) >= 11 is 1.55. The Kier molecular flexibility index (Phi) is 6.47. The van der Waals surface area contributed by atoms with Crippen molar-refractivity contribution >= 4 is 28.8 Å². The Bertz CT molecular complexity index is 1200. The highest BCUT2D eigenvalue weighted by molar-refractivity contribution is 7.13. The van der Waals surface area contributed by atoms with Gasteiger partial charge in [-0.15, -0.1) is 11.3 Å². The van der Waals surface area contributed by atoms with Gasteiger partial charge in [-0.1, -0.05) is 43.3 Å². The van der Waals surface area contributed by atoms with Gasteiger partial charge in [0.15, 0.2) is 0 Å². The molecule has 2 amide bonds. The number of benzene rings is 2. The van der Waals surface area contributed by atoms with Crippen molar-refractivity contribution in [1.82, 2.24) is 15.1 Å². The first kappa shape index (κ1) is 21.5. The average Bonchev–Trinajstić information content (AvgIpc) is 3.50. The maximum absolute atomic E-state index is 13.2. The second kappa shape index (κ2) is 9.62. The van der Waals surface area contributed by atoms with Gasteiger partial charge in [-0.25, -0.2) is 4.68 Å². The zero-order valence-corrected chi connectivity index (χ0v) is 18.7. The second-order valence-corrected chi connectivity index (χ2v) is 8.32. The Morgan fingerprint density at radius 1 is 1.03 bits per heavy atom. The van der Waals surface area contributed by atoms with Crippen molar-refractivity contribution in [3.8, 4) is 16.3 Å². The summed E-state index contributed by atoms with van der Waals surface area (Å²) in [5, 5.41) is 12.6. The molecule has 7 heteroatoms. The maximum atomic E-state index is 13.2. The zero-order valence-electron chi connectivity index (χ0n) is 17.9. The number of hydrogen-bond donors (Lipinski definition) is 2. The van der Waals surface area contributed by atoms with Gasteiger partial charge in [-0.05, 0) is 48.2 Å². The number of carbonyl (C=O) groups excluding carboxylic acids is 2. The van der Waals surface area contributed by atoms with E-state index < -0.39 is 0 Å². The topological polar surface area (TPSA) is 76.0 Å².